The van der Waals surface area contributed by atoms with Gasteiger partial charge in [-0.3, -0.25) is 14.6 Å². The summed E-state index contributed by atoms with van der Waals surface area (Å²) in [7, 11) is 3.41. The highest BCUT2D eigenvalue weighted by Crippen LogP contribution is 2.20. The SMILES string of the molecule is CC(=O)N1CCN(c2ccc3nnc(-c4cc(C(=O)N(C)C)ccn4)n3n2)CC1. The largest absolute Gasteiger partial charge is 0.352 e. The van der Waals surface area contributed by atoms with Gasteiger partial charge < -0.3 is 14.7 Å². The lowest BCUT2D eigenvalue weighted by Crippen LogP contribution is -2.48. The third kappa shape index (κ3) is 3.60. The molecule has 150 valence electrons. The van der Waals surface area contributed by atoms with Crippen LogP contribution in [0.25, 0.3) is 17.2 Å². The van der Waals surface area contributed by atoms with E-state index in [4.69, 9.17) is 5.10 Å². The summed E-state index contributed by atoms with van der Waals surface area (Å²) in [5.41, 5.74) is 1.64. The third-order valence-electron chi connectivity index (χ3n) is 4.94. The Balaban J connectivity index is 1.66. The van der Waals surface area contributed by atoms with E-state index < -0.39 is 0 Å². The number of carbonyl (C=O) groups excluding carboxylic acids is 2. The second kappa shape index (κ2) is 7.46. The molecule has 0 N–H and O–H groups in total. The lowest BCUT2D eigenvalue weighted by Gasteiger charge is -2.34. The lowest BCUT2D eigenvalue weighted by molar-refractivity contribution is -0.129. The van der Waals surface area contributed by atoms with E-state index in [1.807, 2.05) is 17.0 Å². The van der Waals surface area contributed by atoms with Crippen LogP contribution in [0.3, 0.4) is 0 Å². The Morgan fingerprint density at radius 3 is 2.48 bits per heavy atom. The standard InChI is InChI=1S/C19H22N8O2/c1-13(28)25-8-10-26(11-9-25)17-5-4-16-21-22-18(27(16)23-17)15-12-14(6-7-20-15)19(29)24(2)3/h4-7,12H,8-11H2,1-3H3. The maximum atomic E-state index is 12.3. The van der Waals surface area contributed by atoms with E-state index in [-0.39, 0.29) is 11.8 Å². The van der Waals surface area contributed by atoms with Crippen molar-refractivity contribution in [2.75, 3.05) is 45.2 Å². The maximum absolute atomic E-state index is 12.3. The van der Waals surface area contributed by atoms with E-state index in [9.17, 15) is 9.59 Å². The quantitative estimate of drug-likeness (QED) is 0.640. The van der Waals surface area contributed by atoms with Gasteiger partial charge in [-0.15, -0.1) is 15.3 Å². The Kier molecular flexibility index (Phi) is 4.83. The normalized spacial score (nSPS) is 14.3. The molecule has 0 unspecified atom stereocenters. The van der Waals surface area contributed by atoms with Crippen molar-refractivity contribution in [3.05, 3.63) is 36.0 Å². The second-order valence-corrected chi connectivity index (χ2v) is 7.11. The van der Waals surface area contributed by atoms with Gasteiger partial charge in [0.25, 0.3) is 5.91 Å². The first-order valence-electron chi connectivity index (χ1n) is 9.35. The Morgan fingerprint density at radius 1 is 1.03 bits per heavy atom. The zero-order valence-corrected chi connectivity index (χ0v) is 16.6. The van der Waals surface area contributed by atoms with Crippen LogP contribution < -0.4 is 4.90 Å². The van der Waals surface area contributed by atoms with Crippen molar-refractivity contribution in [3.63, 3.8) is 0 Å². The van der Waals surface area contributed by atoms with Crippen LogP contribution in [-0.2, 0) is 4.79 Å². The molecule has 1 fully saturated rings. The summed E-state index contributed by atoms with van der Waals surface area (Å²) in [6, 6.07) is 7.11. The predicted molar refractivity (Wildman–Crippen MR) is 106 cm³/mol. The fourth-order valence-corrected chi connectivity index (χ4v) is 3.30. The molecule has 10 nitrogen and oxygen atoms in total. The van der Waals surface area contributed by atoms with Crippen LogP contribution in [-0.4, -0.2) is 86.7 Å². The van der Waals surface area contributed by atoms with Gasteiger partial charge in [0.1, 0.15) is 11.5 Å². The first-order valence-corrected chi connectivity index (χ1v) is 9.35. The molecular formula is C19H22N8O2. The average molecular weight is 394 g/mol. The molecule has 1 aliphatic heterocycles. The van der Waals surface area contributed by atoms with Crippen LogP contribution >= 0.6 is 0 Å². The molecule has 0 aromatic carbocycles. The Labute approximate surface area is 167 Å². The number of hydrogen-bond acceptors (Lipinski definition) is 7. The molecule has 10 heteroatoms. The number of hydrogen-bond donors (Lipinski definition) is 0. The first kappa shape index (κ1) is 18.8. The molecule has 1 aliphatic rings. The molecule has 4 heterocycles. The maximum Gasteiger partial charge on any atom is 0.253 e. The van der Waals surface area contributed by atoms with Crippen LogP contribution in [0.15, 0.2) is 30.5 Å². The molecule has 0 saturated carbocycles. The van der Waals surface area contributed by atoms with Crippen LogP contribution in [0.4, 0.5) is 5.82 Å². The number of nitrogens with zero attached hydrogens (tertiary/aromatic N) is 8. The highest BCUT2D eigenvalue weighted by Gasteiger charge is 2.21. The van der Waals surface area contributed by atoms with Crippen molar-refractivity contribution in [1.82, 2.24) is 34.6 Å². The zero-order chi connectivity index (χ0) is 20.5. The van der Waals surface area contributed by atoms with Crippen LogP contribution in [0.5, 0.6) is 0 Å². The molecule has 29 heavy (non-hydrogen) atoms. The Hall–Kier alpha value is -3.56. The van der Waals surface area contributed by atoms with Gasteiger partial charge >= 0.3 is 0 Å². The van der Waals surface area contributed by atoms with E-state index in [0.29, 0.717) is 48.9 Å². The summed E-state index contributed by atoms with van der Waals surface area (Å²) < 4.78 is 1.64. The Morgan fingerprint density at radius 2 is 1.79 bits per heavy atom. The van der Waals surface area contributed by atoms with Crippen LogP contribution in [0.2, 0.25) is 0 Å². The molecule has 1 saturated heterocycles. The number of fused-ring (bicyclic) bond motifs is 1. The molecule has 0 aliphatic carbocycles. The molecule has 4 rings (SSSR count). The summed E-state index contributed by atoms with van der Waals surface area (Å²) in [5.74, 6) is 1.23. The summed E-state index contributed by atoms with van der Waals surface area (Å²) in [6.45, 7) is 4.34. The predicted octanol–water partition coefficient (Wildman–Crippen LogP) is 0.557. The Bertz CT molecular complexity index is 1070. The van der Waals surface area contributed by atoms with Crippen LogP contribution in [0.1, 0.15) is 17.3 Å². The molecule has 0 radical (unpaired) electrons. The number of rotatable bonds is 3. The molecule has 3 aromatic heterocycles. The van der Waals surface area contributed by atoms with Crippen molar-refractivity contribution in [2.45, 2.75) is 6.92 Å². The van der Waals surface area contributed by atoms with Crippen LogP contribution in [0, 0.1) is 0 Å². The van der Waals surface area contributed by atoms with Gasteiger partial charge in [0, 0.05) is 59.0 Å². The van der Waals surface area contributed by atoms with Gasteiger partial charge in [-0.25, -0.2) is 0 Å². The molecule has 0 bridgehead atoms. The molecule has 2 amide bonds. The van der Waals surface area contributed by atoms with E-state index in [0.717, 1.165) is 5.82 Å². The van der Waals surface area contributed by atoms with Crippen molar-refractivity contribution >= 4 is 23.3 Å². The number of pyridine rings is 1. The van der Waals surface area contributed by atoms with Gasteiger partial charge in [0.2, 0.25) is 11.7 Å². The summed E-state index contributed by atoms with van der Waals surface area (Å²) >= 11 is 0. The minimum absolute atomic E-state index is 0.0902. The number of anilines is 1. The number of carbonyl (C=O) groups is 2. The number of amides is 2. The van der Waals surface area contributed by atoms with Crippen molar-refractivity contribution in [2.24, 2.45) is 0 Å². The van der Waals surface area contributed by atoms with E-state index >= 15 is 0 Å². The third-order valence-corrected chi connectivity index (χ3v) is 4.94. The highest BCUT2D eigenvalue weighted by molar-refractivity contribution is 5.94. The highest BCUT2D eigenvalue weighted by atomic mass is 16.2. The van der Waals surface area contributed by atoms with Gasteiger partial charge in [0.15, 0.2) is 5.65 Å². The van der Waals surface area contributed by atoms with Gasteiger partial charge in [-0.05, 0) is 24.3 Å². The van der Waals surface area contributed by atoms with E-state index in [2.05, 4.69) is 20.1 Å². The number of piperazine rings is 1. The van der Waals surface area contributed by atoms with Crippen molar-refractivity contribution in [1.29, 1.82) is 0 Å². The second-order valence-electron chi connectivity index (χ2n) is 7.11. The van der Waals surface area contributed by atoms with E-state index in [1.54, 1.807) is 43.9 Å². The summed E-state index contributed by atoms with van der Waals surface area (Å²) in [4.78, 5) is 33.6. The first-order chi connectivity index (χ1) is 13.9. The minimum Gasteiger partial charge on any atom is -0.352 e. The smallest absolute Gasteiger partial charge is 0.253 e. The topological polar surface area (TPSA) is 99.8 Å². The average Bonchev–Trinajstić information content (AvgIpc) is 3.16. The minimum atomic E-state index is -0.112. The summed E-state index contributed by atoms with van der Waals surface area (Å²) in [5, 5.41) is 13.1. The molecule has 0 spiro atoms. The van der Waals surface area contributed by atoms with E-state index in [1.165, 1.54) is 4.90 Å². The van der Waals surface area contributed by atoms with Gasteiger partial charge in [-0.2, -0.15) is 4.52 Å². The number of aromatic nitrogens is 5. The molecule has 3 aromatic rings. The monoisotopic (exact) mass is 394 g/mol. The fraction of sp³-hybridized carbons (Fsp3) is 0.368. The van der Waals surface area contributed by atoms with Gasteiger partial charge in [0.05, 0.1) is 0 Å². The van der Waals surface area contributed by atoms with Crippen molar-refractivity contribution in [3.8, 4) is 11.5 Å². The summed E-state index contributed by atoms with van der Waals surface area (Å²) in [6.07, 6.45) is 1.58. The van der Waals surface area contributed by atoms with Gasteiger partial charge in [-0.1, -0.05) is 0 Å². The van der Waals surface area contributed by atoms with Crippen molar-refractivity contribution < 1.29 is 9.59 Å². The fourth-order valence-electron chi connectivity index (χ4n) is 3.30. The molecule has 0 atom stereocenters. The molecular weight excluding hydrogens is 372 g/mol. The zero-order valence-electron chi connectivity index (χ0n) is 16.6. The lowest BCUT2D eigenvalue weighted by atomic mass is 10.2.